The molecule has 1 amide bonds. The fourth-order valence-electron chi connectivity index (χ4n) is 1.28. The summed E-state index contributed by atoms with van der Waals surface area (Å²) in [7, 11) is 0. The van der Waals surface area contributed by atoms with Gasteiger partial charge in [0, 0.05) is 5.69 Å². The molecule has 1 aromatic rings. The smallest absolute Gasteiger partial charge is 0.288 e. The van der Waals surface area contributed by atoms with Crippen LogP contribution in [0.15, 0.2) is 24.3 Å². The molecule has 0 fully saturated rings. The molecule has 0 aliphatic heterocycles. The second-order valence-electron chi connectivity index (χ2n) is 3.35. The zero-order chi connectivity index (χ0) is 10.6. The van der Waals surface area contributed by atoms with E-state index in [9.17, 15) is 9.59 Å². The van der Waals surface area contributed by atoms with Gasteiger partial charge in [-0.3, -0.25) is 9.59 Å². The SMILES string of the molecule is CC(C)c1ccccc1NC(=O)C=O. The third kappa shape index (κ3) is 2.42. The third-order valence-corrected chi connectivity index (χ3v) is 1.95. The largest absolute Gasteiger partial charge is 0.319 e. The summed E-state index contributed by atoms with van der Waals surface area (Å²) in [6.07, 6.45) is 0.275. The summed E-state index contributed by atoms with van der Waals surface area (Å²) in [4.78, 5) is 21.1. The van der Waals surface area contributed by atoms with Crippen LogP contribution in [0.25, 0.3) is 0 Å². The van der Waals surface area contributed by atoms with Crippen molar-refractivity contribution in [3.05, 3.63) is 29.8 Å². The van der Waals surface area contributed by atoms with Crippen LogP contribution in [0, 0.1) is 0 Å². The number of aldehydes is 1. The van der Waals surface area contributed by atoms with Crippen molar-refractivity contribution in [1.82, 2.24) is 0 Å². The molecule has 1 N–H and O–H groups in total. The Kier molecular flexibility index (Phi) is 3.40. The van der Waals surface area contributed by atoms with E-state index in [4.69, 9.17) is 0 Å². The van der Waals surface area contributed by atoms with E-state index in [1.165, 1.54) is 0 Å². The monoisotopic (exact) mass is 191 g/mol. The summed E-state index contributed by atoms with van der Waals surface area (Å²) in [6.45, 7) is 4.07. The van der Waals surface area contributed by atoms with Gasteiger partial charge in [0.25, 0.3) is 5.91 Å². The highest BCUT2D eigenvalue weighted by Gasteiger charge is 2.07. The summed E-state index contributed by atoms with van der Waals surface area (Å²) in [5.74, 6) is -0.295. The van der Waals surface area contributed by atoms with Gasteiger partial charge in [-0.05, 0) is 17.5 Å². The molecule has 0 saturated carbocycles. The molecule has 0 unspecified atom stereocenters. The fourth-order valence-corrected chi connectivity index (χ4v) is 1.28. The first-order valence-corrected chi connectivity index (χ1v) is 4.50. The van der Waals surface area contributed by atoms with Crippen LogP contribution in [-0.4, -0.2) is 12.2 Å². The molecular weight excluding hydrogens is 178 g/mol. The first-order valence-electron chi connectivity index (χ1n) is 4.50. The number of amides is 1. The number of anilines is 1. The number of hydrogen-bond donors (Lipinski definition) is 1. The number of benzene rings is 1. The van der Waals surface area contributed by atoms with Crippen molar-refractivity contribution in [3.63, 3.8) is 0 Å². The minimum atomic E-state index is -0.613. The van der Waals surface area contributed by atoms with E-state index < -0.39 is 5.91 Å². The quantitative estimate of drug-likeness (QED) is 0.586. The van der Waals surface area contributed by atoms with Crippen LogP contribution in [0.3, 0.4) is 0 Å². The Balaban J connectivity index is 2.95. The second kappa shape index (κ2) is 4.56. The maximum Gasteiger partial charge on any atom is 0.288 e. The van der Waals surface area contributed by atoms with Crippen LogP contribution >= 0.6 is 0 Å². The van der Waals surface area contributed by atoms with Gasteiger partial charge in [0.05, 0.1) is 0 Å². The molecular formula is C11H13NO2. The Labute approximate surface area is 83.1 Å². The number of carbonyl (C=O) groups excluding carboxylic acids is 2. The molecule has 3 heteroatoms. The van der Waals surface area contributed by atoms with Crippen molar-refractivity contribution in [1.29, 1.82) is 0 Å². The highest BCUT2D eigenvalue weighted by Crippen LogP contribution is 2.23. The average molecular weight is 191 g/mol. The van der Waals surface area contributed by atoms with Crippen molar-refractivity contribution in [2.45, 2.75) is 19.8 Å². The molecule has 0 spiro atoms. The highest BCUT2D eigenvalue weighted by molar-refractivity contribution is 6.29. The minimum Gasteiger partial charge on any atom is -0.319 e. The van der Waals surface area contributed by atoms with Crippen molar-refractivity contribution < 1.29 is 9.59 Å². The van der Waals surface area contributed by atoms with Gasteiger partial charge in [0.1, 0.15) is 0 Å². The summed E-state index contributed by atoms with van der Waals surface area (Å²) in [5.41, 5.74) is 1.74. The Morgan fingerprint density at radius 3 is 2.57 bits per heavy atom. The van der Waals surface area contributed by atoms with Crippen molar-refractivity contribution >= 4 is 17.9 Å². The van der Waals surface area contributed by atoms with E-state index in [-0.39, 0.29) is 6.29 Å². The first kappa shape index (κ1) is 10.4. The molecule has 0 aliphatic carbocycles. The number of para-hydroxylation sites is 1. The van der Waals surface area contributed by atoms with E-state index in [1.807, 2.05) is 32.0 Å². The lowest BCUT2D eigenvalue weighted by Gasteiger charge is -2.11. The maximum atomic E-state index is 10.9. The number of carbonyl (C=O) groups is 2. The Bertz CT molecular complexity index is 345. The van der Waals surface area contributed by atoms with E-state index in [2.05, 4.69) is 5.32 Å². The lowest BCUT2D eigenvalue weighted by Crippen LogP contribution is -2.13. The van der Waals surface area contributed by atoms with Gasteiger partial charge in [-0.15, -0.1) is 0 Å². The zero-order valence-electron chi connectivity index (χ0n) is 8.28. The van der Waals surface area contributed by atoms with Gasteiger partial charge in [0.15, 0.2) is 0 Å². The van der Waals surface area contributed by atoms with Gasteiger partial charge < -0.3 is 5.32 Å². The molecule has 14 heavy (non-hydrogen) atoms. The van der Waals surface area contributed by atoms with Gasteiger partial charge in [-0.1, -0.05) is 32.0 Å². The van der Waals surface area contributed by atoms with Gasteiger partial charge in [0.2, 0.25) is 6.29 Å². The van der Waals surface area contributed by atoms with Crippen LogP contribution in [0.5, 0.6) is 0 Å². The molecule has 0 atom stereocenters. The van der Waals surface area contributed by atoms with Gasteiger partial charge in [-0.2, -0.15) is 0 Å². The van der Waals surface area contributed by atoms with Gasteiger partial charge in [-0.25, -0.2) is 0 Å². The van der Waals surface area contributed by atoms with Crippen LogP contribution in [0.2, 0.25) is 0 Å². The number of nitrogens with one attached hydrogen (secondary N) is 1. The molecule has 0 aromatic heterocycles. The van der Waals surface area contributed by atoms with E-state index in [1.54, 1.807) is 6.07 Å². The molecule has 0 aliphatic rings. The molecule has 1 rings (SSSR count). The minimum absolute atomic E-state index is 0.275. The van der Waals surface area contributed by atoms with E-state index in [0.29, 0.717) is 11.6 Å². The molecule has 74 valence electrons. The molecule has 0 bridgehead atoms. The molecule has 1 aromatic carbocycles. The van der Waals surface area contributed by atoms with Crippen LogP contribution in [-0.2, 0) is 9.59 Å². The Hall–Kier alpha value is -1.64. The second-order valence-corrected chi connectivity index (χ2v) is 3.35. The Morgan fingerprint density at radius 1 is 1.36 bits per heavy atom. The predicted octanol–water partition coefficient (Wildman–Crippen LogP) is 1.95. The van der Waals surface area contributed by atoms with Crippen molar-refractivity contribution in [3.8, 4) is 0 Å². The molecule has 3 nitrogen and oxygen atoms in total. The van der Waals surface area contributed by atoms with Crippen LogP contribution < -0.4 is 5.32 Å². The molecule has 0 saturated heterocycles. The topological polar surface area (TPSA) is 46.2 Å². The lowest BCUT2D eigenvalue weighted by molar-refractivity contribution is -0.127. The third-order valence-electron chi connectivity index (χ3n) is 1.95. The Morgan fingerprint density at radius 2 is 2.00 bits per heavy atom. The predicted molar refractivity (Wildman–Crippen MR) is 55.2 cm³/mol. The van der Waals surface area contributed by atoms with Crippen LogP contribution in [0.4, 0.5) is 5.69 Å². The normalized spacial score (nSPS) is 9.93. The van der Waals surface area contributed by atoms with E-state index in [0.717, 1.165) is 5.56 Å². The summed E-state index contributed by atoms with van der Waals surface area (Å²) < 4.78 is 0. The zero-order valence-corrected chi connectivity index (χ0v) is 8.28. The first-order chi connectivity index (χ1) is 6.65. The molecule has 0 radical (unpaired) electrons. The molecule has 0 heterocycles. The number of rotatable bonds is 3. The maximum absolute atomic E-state index is 10.9. The number of hydrogen-bond acceptors (Lipinski definition) is 2. The summed E-state index contributed by atoms with van der Waals surface area (Å²) in [6, 6.07) is 7.46. The van der Waals surface area contributed by atoms with Crippen molar-refractivity contribution in [2.75, 3.05) is 5.32 Å². The van der Waals surface area contributed by atoms with Crippen LogP contribution in [0.1, 0.15) is 25.3 Å². The highest BCUT2D eigenvalue weighted by atomic mass is 16.2. The summed E-state index contributed by atoms with van der Waals surface area (Å²) in [5, 5.41) is 2.53. The fraction of sp³-hybridized carbons (Fsp3) is 0.273. The van der Waals surface area contributed by atoms with E-state index >= 15 is 0 Å². The van der Waals surface area contributed by atoms with Crippen molar-refractivity contribution in [2.24, 2.45) is 0 Å². The average Bonchev–Trinajstić information content (AvgIpc) is 2.18. The summed E-state index contributed by atoms with van der Waals surface area (Å²) >= 11 is 0. The standard InChI is InChI=1S/C11H13NO2/c1-8(2)9-5-3-4-6-10(9)12-11(14)7-13/h3-8H,1-2H3,(H,12,14). The lowest BCUT2D eigenvalue weighted by atomic mass is 10.0. The van der Waals surface area contributed by atoms with Gasteiger partial charge >= 0.3 is 0 Å².